The molecule has 3 rings (SSSR count). The van der Waals surface area contributed by atoms with Gasteiger partial charge < -0.3 is 4.57 Å². The Bertz CT molecular complexity index is 892. The Balaban J connectivity index is 2.00. The number of imidazole rings is 1. The van der Waals surface area contributed by atoms with Crippen molar-refractivity contribution in [1.29, 1.82) is 0 Å². The summed E-state index contributed by atoms with van der Waals surface area (Å²) < 4.78 is 41.5. The van der Waals surface area contributed by atoms with Crippen molar-refractivity contribution in [2.75, 3.05) is 6.54 Å². The van der Waals surface area contributed by atoms with Crippen LogP contribution < -0.4 is 0 Å². The van der Waals surface area contributed by atoms with Crippen molar-refractivity contribution in [3.63, 3.8) is 0 Å². The minimum Gasteiger partial charge on any atom is -0.313 e. The molecule has 2 aromatic rings. The molecule has 0 N–H and O–H groups in total. The summed E-state index contributed by atoms with van der Waals surface area (Å²) in [6, 6.07) is 6.93. The molecule has 0 radical (unpaired) electrons. The fourth-order valence-electron chi connectivity index (χ4n) is 3.52. The van der Waals surface area contributed by atoms with E-state index in [2.05, 4.69) is 16.8 Å². The Morgan fingerprint density at radius 1 is 1.22 bits per heavy atom. The van der Waals surface area contributed by atoms with Gasteiger partial charge in [-0.3, -0.25) is 4.90 Å². The van der Waals surface area contributed by atoms with E-state index >= 15 is 0 Å². The van der Waals surface area contributed by atoms with E-state index in [1.54, 1.807) is 42.8 Å². The van der Waals surface area contributed by atoms with E-state index in [4.69, 9.17) is 0 Å². The molecule has 1 fully saturated rings. The Hall–Kier alpha value is -1.73. The zero-order chi connectivity index (χ0) is 19.6. The third-order valence-corrected chi connectivity index (χ3v) is 7.44. The summed E-state index contributed by atoms with van der Waals surface area (Å²) in [7, 11) is -3.56. The predicted octanol–water partition coefficient (Wildman–Crippen LogP) is 3.63. The molecule has 1 aromatic carbocycles. The van der Waals surface area contributed by atoms with Crippen molar-refractivity contribution in [1.82, 2.24) is 14.5 Å². The SMILES string of the molecule is CC(C)S(=O)(=O)c1ncc(CN2CCCC[C@@H]2C)n1Cc1ccccc1F. The first-order chi connectivity index (χ1) is 12.8. The highest BCUT2D eigenvalue weighted by molar-refractivity contribution is 7.91. The van der Waals surface area contributed by atoms with Gasteiger partial charge in [-0.15, -0.1) is 0 Å². The van der Waals surface area contributed by atoms with Gasteiger partial charge in [-0.2, -0.15) is 0 Å². The van der Waals surface area contributed by atoms with E-state index in [-0.39, 0.29) is 17.5 Å². The molecule has 1 aliphatic heterocycles. The molecular formula is C20H28FN3O2S. The maximum absolute atomic E-state index is 14.2. The molecule has 0 spiro atoms. The first-order valence-corrected chi connectivity index (χ1v) is 11.1. The molecule has 1 saturated heterocycles. The lowest BCUT2D eigenvalue weighted by Gasteiger charge is -2.33. The predicted molar refractivity (Wildman–Crippen MR) is 104 cm³/mol. The van der Waals surface area contributed by atoms with Crippen LogP contribution >= 0.6 is 0 Å². The second-order valence-corrected chi connectivity index (χ2v) is 10.0. The number of piperidine rings is 1. The second kappa shape index (κ2) is 8.10. The monoisotopic (exact) mass is 393 g/mol. The Morgan fingerprint density at radius 3 is 2.63 bits per heavy atom. The molecule has 5 nitrogen and oxygen atoms in total. The normalized spacial score (nSPS) is 18.9. The first-order valence-electron chi connectivity index (χ1n) is 9.56. The van der Waals surface area contributed by atoms with Crippen LogP contribution in [0, 0.1) is 5.82 Å². The van der Waals surface area contributed by atoms with E-state index in [1.165, 1.54) is 12.5 Å². The fourth-order valence-corrected chi connectivity index (χ4v) is 4.63. The van der Waals surface area contributed by atoms with Crippen LogP contribution in [-0.4, -0.2) is 40.7 Å². The maximum Gasteiger partial charge on any atom is 0.228 e. The fraction of sp³-hybridized carbons (Fsp3) is 0.550. The number of aromatic nitrogens is 2. The molecule has 148 valence electrons. The third kappa shape index (κ3) is 4.24. The van der Waals surface area contributed by atoms with Gasteiger partial charge in [0.15, 0.2) is 0 Å². The van der Waals surface area contributed by atoms with Gasteiger partial charge in [-0.05, 0) is 46.2 Å². The van der Waals surface area contributed by atoms with Crippen LogP contribution in [0.3, 0.4) is 0 Å². The van der Waals surface area contributed by atoms with E-state index < -0.39 is 15.1 Å². The molecule has 0 unspecified atom stereocenters. The molecule has 0 amide bonds. The summed E-state index contributed by atoms with van der Waals surface area (Å²) in [5.41, 5.74) is 1.27. The number of rotatable bonds is 6. The van der Waals surface area contributed by atoms with Crippen LogP contribution in [0.2, 0.25) is 0 Å². The number of hydrogen-bond donors (Lipinski definition) is 0. The molecule has 0 saturated carbocycles. The van der Waals surface area contributed by atoms with Gasteiger partial charge in [0.1, 0.15) is 5.82 Å². The minimum atomic E-state index is -3.56. The Labute approximate surface area is 161 Å². The number of nitrogens with zero attached hydrogens (tertiary/aromatic N) is 3. The lowest BCUT2D eigenvalue weighted by atomic mass is 10.0. The van der Waals surface area contributed by atoms with Crippen LogP contribution in [0.15, 0.2) is 35.6 Å². The van der Waals surface area contributed by atoms with Crippen molar-refractivity contribution in [3.05, 3.63) is 47.5 Å². The first kappa shape index (κ1) is 20.0. The van der Waals surface area contributed by atoms with Crippen molar-refractivity contribution >= 4 is 9.84 Å². The molecule has 0 bridgehead atoms. The van der Waals surface area contributed by atoms with Crippen LogP contribution in [0.25, 0.3) is 0 Å². The second-order valence-electron chi connectivity index (χ2n) is 7.62. The average molecular weight is 394 g/mol. The molecule has 1 atom stereocenters. The largest absolute Gasteiger partial charge is 0.313 e. The Morgan fingerprint density at radius 2 is 1.96 bits per heavy atom. The molecular weight excluding hydrogens is 365 g/mol. The van der Waals surface area contributed by atoms with Gasteiger partial charge in [0.05, 0.1) is 23.7 Å². The quantitative estimate of drug-likeness (QED) is 0.752. The van der Waals surface area contributed by atoms with Gasteiger partial charge in [0.25, 0.3) is 0 Å². The molecule has 1 aliphatic rings. The van der Waals surface area contributed by atoms with Gasteiger partial charge in [-0.25, -0.2) is 17.8 Å². The van der Waals surface area contributed by atoms with E-state index in [1.807, 2.05) is 0 Å². The van der Waals surface area contributed by atoms with E-state index in [0.717, 1.165) is 25.1 Å². The summed E-state index contributed by atoms with van der Waals surface area (Å²) in [5.74, 6) is -0.337. The summed E-state index contributed by atoms with van der Waals surface area (Å²) >= 11 is 0. The van der Waals surface area contributed by atoms with Crippen molar-refractivity contribution in [2.24, 2.45) is 0 Å². The highest BCUT2D eigenvalue weighted by Gasteiger charge is 2.28. The molecule has 2 heterocycles. The molecule has 27 heavy (non-hydrogen) atoms. The van der Waals surface area contributed by atoms with Crippen molar-refractivity contribution in [2.45, 2.75) is 69.6 Å². The zero-order valence-corrected chi connectivity index (χ0v) is 17.0. The topological polar surface area (TPSA) is 55.2 Å². The maximum atomic E-state index is 14.2. The highest BCUT2D eigenvalue weighted by Crippen LogP contribution is 2.24. The number of likely N-dealkylation sites (tertiary alicyclic amines) is 1. The van der Waals surface area contributed by atoms with Gasteiger partial charge in [0, 0.05) is 18.2 Å². The highest BCUT2D eigenvalue weighted by atomic mass is 32.2. The van der Waals surface area contributed by atoms with Crippen molar-refractivity contribution in [3.8, 4) is 0 Å². The van der Waals surface area contributed by atoms with Crippen LogP contribution in [-0.2, 0) is 22.9 Å². The van der Waals surface area contributed by atoms with Gasteiger partial charge >= 0.3 is 0 Å². The molecule has 7 heteroatoms. The number of sulfone groups is 1. The third-order valence-electron chi connectivity index (χ3n) is 5.37. The van der Waals surface area contributed by atoms with Crippen LogP contribution in [0.5, 0.6) is 0 Å². The van der Waals surface area contributed by atoms with Gasteiger partial charge in [-0.1, -0.05) is 24.6 Å². The number of hydrogen-bond acceptors (Lipinski definition) is 4. The van der Waals surface area contributed by atoms with Crippen LogP contribution in [0.4, 0.5) is 4.39 Å². The van der Waals surface area contributed by atoms with E-state index in [0.29, 0.717) is 18.2 Å². The summed E-state index contributed by atoms with van der Waals surface area (Å²) in [4.78, 5) is 6.60. The summed E-state index contributed by atoms with van der Waals surface area (Å²) in [5, 5.41) is -0.554. The number of halogens is 1. The molecule has 0 aliphatic carbocycles. The summed E-state index contributed by atoms with van der Waals surface area (Å²) in [6.45, 7) is 7.25. The number of benzene rings is 1. The minimum absolute atomic E-state index is 0.0282. The summed E-state index contributed by atoms with van der Waals surface area (Å²) in [6.07, 6.45) is 5.14. The standard InChI is InChI=1S/C20H28FN3O2S/c1-15(2)27(25,26)20-22-12-18(14-23-11-7-6-8-16(23)3)24(20)13-17-9-4-5-10-19(17)21/h4-5,9-10,12,15-16H,6-8,11,13-14H2,1-3H3/t16-/m0/s1. The molecule has 1 aromatic heterocycles. The zero-order valence-electron chi connectivity index (χ0n) is 16.2. The Kier molecular flexibility index (Phi) is 6.01. The lowest BCUT2D eigenvalue weighted by Crippen LogP contribution is -2.37. The van der Waals surface area contributed by atoms with Crippen LogP contribution in [0.1, 0.15) is 51.3 Å². The van der Waals surface area contributed by atoms with Gasteiger partial charge in [0.2, 0.25) is 15.0 Å². The average Bonchev–Trinajstić information content (AvgIpc) is 3.02. The van der Waals surface area contributed by atoms with Crippen molar-refractivity contribution < 1.29 is 12.8 Å². The smallest absolute Gasteiger partial charge is 0.228 e. The lowest BCUT2D eigenvalue weighted by molar-refractivity contribution is 0.149. The van der Waals surface area contributed by atoms with E-state index in [9.17, 15) is 12.8 Å².